The van der Waals surface area contributed by atoms with Crippen LogP contribution in [-0.2, 0) is 0 Å². The minimum atomic E-state index is -0.471. The molecule has 8 heteroatoms. The topological polar surface area (TPSA) is 89.5 Å². The van der Waals surface area contributed by atoms with Gasteiger partial charge in [-0.05, 0) is 24.1 Å². The Morgan fingerprint density at radius 2 is 1.96 bits per heavy atom. The molecule has 0 saturated carbocycles. The second-order valence-corrected chi connectivity index (χ2v) is 6.68. The number of rotatable bonds is 4. The number of carbonyl (C=O) groups is 1. The Kier molecular flexibility index (Phi) is 5.93. The Hall–Kier alpha value is -1.96. The number of likely N-dealkylation sites (tertiary alicyclic amines) is 1. The molecule has 2 heterocycles. The maximum atomic E-state index is 12.6. The number of halogens is 1. The fourth-order valence-electron chi connectivity index (χ4n) is 3.05. The van der Waals surface area contributed by atoms with Crippen LogP contribution in [0.2, 0.25) is 0 Å². The van der Waals surface area contributed by atoms with Crippen LogP contribution in [0.5, 0.6) is 0 Å². The highest BCUT2D eigenvalue weighted by Crippen LogP contribution is 2.34. The lowest BCUT2D eigenvalue weighted by Gasteiger charge is -2.16. The van der Waals surface area contributed by atoms with Crippen molar-refractivity contribution in [2.24, 2.45) is 11.7 Å². The van der Waals surface area contributed by atoms with Crippen LogP contribution in [0.1, 0.15) is 21.2 Å². The fraction of sp³-hybridized carbons (Fsp3) is 0.312. The van der Waals surface area contributed by atoms with Crippen LogP contribution >= 0.6 is 23.7 Å². The molecule has 0 spiro atoms. The Morgan fingerprint density at radius 3 is 2.54 bits per heavy atom. The number of hydrogen-bond acceptors (Lipinski definition) is 5. The summed E-state index contributed by atoms with van der Waals surface area (Å²) in [6, 6.07) is 12.9. The van der Waals surface area contributed by atoms with Crippen LogP contribution in [0.4, 0.5) is 5.00 Å². The molecule has 6 nitrogen and oxygen atoms in total. The van der Waals surface area contributed by atoms with Crippen molar-refractivity contribution in [2.45, 2.75) is 5.92 Å². The van der Waals surface area contributed by atoms with Crippen LogP contribution in [0.25, 0.3) is 0 Å². The maximum Gasteiger partial charge on any atom is 0.324 e. The second-order valence-electron chi connectivity index (χ2n) is 5.62. The molecule has 1 aromatic heterocycles. The first-order chi connectivity index (χ1) is 11.1. The Bertz CT molecular complexity index is 722. The van der Waals surface area contributed by atoms with E-state index in [-0.39, 0.29) is 35.2 Å². The fourth-order valence-corrected chi connectivity index (χ4v) is 3.84. The summed E-state index contributed by atoms with van der Waals surface area (Å²) in [4.78, 5) is 25.0. The number of nitrogens with two attached hydrogens (primary N) is 1. The Balaban J connectivity index is 0.00000208. The van der Waals surface area contributed by atoms with Crippen molar-refractivity contribution in [2.75, 3.05) is 19.6 Å². The van der Waals surface area contributed by atoms with E-state index in [0.29, 0.717) is 24.5 Å². The highest BCUT2D eigenvalue weighted by Gasteiger charge is 2.36. The van der Waals surface area contributed by atoms with Gasteiger partial charge in [0.15, 0.2) is 0 Å². The summed E-state index contributed by atoms with van der Waals surface area (Å²) in [6.07, 6.45) is 0. The van der Waals surface area contributed by atoms with E-state index in [1.165, 1.54) is 17.7 Å². The summed E-state index contributed by atoms with van der Waals surface area (Å²) in [6.45, 7) is 1.69. The molecule has 0 radical (unpaired) electrons. The van der Waals surface area contributed by atoms with Gasteiger partial charge < -0.3 is 10.6 Å². The molecule has 0 aliphatic carbocycles. The monoisotopic (exact) mass is 367 g/mol. The zero-order chi connectivity index (χ0) is 16.4. The van der Waals surface area contributed by atoms with Gasteiger partial charge in [0.2, 0.25) is 0 Å². The summed E-state index contributed by atoms with van der Waals surface area (Å²) in [5, 5.41) is 10.8. The Labute approximate surface area is 149 Å². The molecule has 1 aliphatic heterocycles. The standard InChI is InChI=1S/C16H17N3O3S.ClH/c17-8-12-9-18(10-13(12)11-4-2-1-3-5-11)16(20)14-6-7-15(23-14)19(21)22;/h1-7,12-13H,8-10,17H2;1H/t12-,13+;/m1./s1. The average molecular weight is 368 g/mol. The first kappa shape index (κ1) is 18.4. The lowest BCUT2D eigenvalue weighted by Crippen LogP contribution is -2.29. The quantitative estimate of drug-likeness (QED) is 0.664. The zero-order valence-electron chi connectivity index (χ0n) is 12.8. The van der Waals surface area contributed by atoms with E-state index in [2.05, 4.69) is 12.1 Å². The minimum Gasteiger partial charge on any atom is -0.337 e. The van der Waals surface area contributed by atoms with E-state index in [4.69, 9.17) is 5.73 Å². The maximum absolute atomic E-state index is 12.6. The Morgan fingerprint density at radius 1 is 1.25 bits per heavy atom. The van der Waals surface area contributed by atoms with E-state index < -0.39 is 4.92 Å². The van der Waals surface area contributed by atoms with Gasteiger partial charge in [-0.1, -0.05) is 41.7 Å². The lowest BCUT2D eigenvalue weighted by molar-refractivity contribution is -0.380. The molecule has 0 unspecified atom stereocenters. The molecule has 1 saturated heterocycles. The molecule has 2 aromatic rings. The van der Waals surface area contributed by atoms with Crippen molar-refractivity contribution in [1.29, 1.82) is 0 Å². The smallest absolute Gasteiger partial charge is 0.324 e. The van der Waals surface area contributed by atoms with Gasteiger partial charge in [0.25, 0.3) is 5.91 Å². The molecule has 1 aromatic carbocycles. The van der Waals surface area contributed by atoms with Crippen LogP contribution in [-0.4, -0.2) is 35.4 Å². The molecule has 2 atom stereocenters. The summed E-state index contributed by atoms with van der Waals surface area (Å²) >= 11 is 0.920. The molecule has 2 N–H and O–H groups in total. The van der Waals surface area contributed by atoms with Gasteiger partial charge in [-0.25, -0.2) is 0 Å². The van der Waals surface area contributed by atoms with Gasteiger partial charge in [0.1, 0.15) is 0 Å². The van der Waals surface area contributed by atoms with Crippen molar-refractivity contribution in [3.05, 3.63) is 63.0 Å². The van der Waals surface area contributed by atoms with Gasteiger partial charge in [-0.15, -0.1) is 12.4 Å². The zero-order valence-corrected chi connectivity index (χ0v) is 14.5. The third-order valence-electron chi connectivity index (χ3n) is 4.24. The second kappa shape index (κ2) is 7.74. The molecule has 24 heavy (non-hydrogen) atoms. The van der Waals surface area contributed by atoms with Crippen molar-refractivity contribution in [1.82, 2.24) is 4.90 Å². The largest absolute Gasteiger partial charge is 0.337 e. The number of amides is 1. The molecular weight excluding hydrogens is 350 g/mol. The highest BCUT2D eigenvalue weighted by molar-refractivity contribution is 7.17. The number of thiophene rings is 1. The van der Waals surface area contributed by atoms with E-state index in [9.17, 15) is 14.9 Å². The van der Waals surface area contributed by atoms with Crippen molar-refractivity contribution in [3.63, 3.8) is 0 Å². The van der Waals surface area contributed by atoms with Crippen LogP contribution in [0.15, 0.2) is 42.5 Å². The summed E-state index contributed by atoms with van der Waals surface area (Å²) in [5.74, 6) is 0.261. The number of benzene rings is 1. The first-order valence-corrected chi connectivity index (χ1v) is 8.20. The molecule has 3 rings (SSSR count). The highest BCUT2D eigenvalue weighted by atomic mass is 35.5. The van der Waals surface area contributed by atoms with Gasteiger partial charge in [0, 0.05) is 25.1 Å². The first-order valence-electron chi connectivity index (χ1n) is 7.38. The van der Waals surface area contributed by atoms with Gasteiger partial charge in [-0.2, -0.15) is 0 Å². The van der Waals surface area contributed by atoms with E-state index in [1.54, 1.807) is 4.90 Å². The molecule has 1 fully saturated rings. The molecule has 128 valence electrons. The van der Waals surface area contributed by atoms with Crippen molar-refractivity contribution >= 4 is 34.7 Å². The summed E-state index contributed by atoms with van der Waals surface area (Å²) in [7, 11) is 0. The third kappa shape index (κ3) is 3.58. The normalized spacial score (nSPS) is 19.8. The van der Waals surface area contributed by atoms with Crippen molar-refractivity contribution in [3.8, 4) is 0 Å². The summed E-state index contributed by atoms with van der Waals surface area (Å²) < 4.78 is 0. The summed E-state index contributed by atoms with van der Waals surface area (Å²) in [5.41, 5.74) is 7.06. The molecule has 1 aliphatic rings. The molecule has 0 bridgehead atoms. The number of nitrogens with zero attached hydrogens (tertiary/aromatic N) is 2. The average Bonchev–Trinajstić information content (AvgIpc) is 3.22. The number of hydrogen-bond donors (Lipinski definition) is 1. The SMILES string of the molecule is Cl.NC[C@@H]1CN(C(=O)c2ccc([N+](=O)[O-])s2)C[C@H]1c1ccccc1. The minimum absolute atomic E-state index is 0. The van der Waals surface area contributed by atoms with Crippen LogP contribution < -0.4 is 5.73 Å². The van der Waals surface area contributed by atoms with E-state index in [1.807, 2.05) is 18.2 Å². The van der Waals surface area contributed by atoms with E-state index in [0.717, 1.165) is 11.3 Å². The van der Waals surface area contributed by atoms with Crippen LogP contribution in [0.3, 0.4) is 0 Å². The van der Waals surface area contributed by atoms with Gasteiger partial charge in [0.05, 0.1) is 9.80 Å². The van der Waals surface area contributed by atoms with Gasteiger partial charge >= 0.3 is 5.00 Å². The van der Waals surface area contributed by atoms with Crippen molar-refractivity contribution < 1.29 is 9.72 Å². The third-order valence-corrected chi connectivity index (χ3v) is 5.27. The lowest BCUT2D eigenvalue weighted by atomic mass is 9.89. The predicted octanol–water partition coefficient (Wildman–Crippen LogP) is 2.89. The van der Waals surface area contributed by atoms with E-state index >= 15 is 0 Å². The predicted molar refractivity (Wildman–Crippen MR) is 95.9 cm³/mol. The van der Waals surface area contributed by atoms with Crippen LogP contribution in [0, 0.1) is 16.0 Å². The number of nitro groups is 1. The molecular formula is C16H18ClN3O3S. The number of carbonyl (C=O) groups excluding carboxylic acids is 1. The molecule has 1 amide bonds. The van der Waals surface area contributed by atoms with Gasteiger partial charge in [-0.3, -0.25) is 14.9 Å².